The number of ether oxygens (including phenoxy) is 1. The number of amides is 1. The second-order valence-corrected chi connectivity index (χ2v) is 8.29. The minimum atomic E-state index is 0.00366. The van der Waals surface area contributed by atoms with Gasteiger partial charge in [0.15, 0.2) is 11.5 Å². The summed E-state index contributed by atoms with van der Waals surface area (Å²) in [5, 5.41) is 3.02. The van der Waals surface area contributed by atoms with Gasteiger partial charge in [0.2, 0.25) is 5.91 Å². The van der Waals surface area contributed by atoms with Crippen LogP contribution in [0.3, 0.4) is 0 Å². The Bertz CT molecular complexity index is 1080. The second-order valence-electron chi connectivity index (χ2n) is 8.29. The van der Waals surface area contributed by atoms with Crippen LogP contribution < -0.4 is 15.8 Å². The molecule has 3 aromatic rings. The lowest BCUT2D eigenvalue weighted by atomic mass is 9.85. The first-order valence-electron chi connectivity index (χ1n) is 10.6. The van der Waals surface area contributed by atoms with Crippen molar-refractivity contribution in [3.05, 3.63) is 36.4 Å². The summed E-state index contributed by atoms with van der Waals surface area (Å²) in [7, 11) is 1.62. The number of aromatic nitrogens is 4. The molecule has 2 fully saturated rings. The second kappa shape index (κ2) is 7.59. The highest BCUT2D eigenvalue weighted by Gasteiger charge is 2.31. The summed E-state index contributed by atoms with van der Waals surface area (Å²) in [6.45, 7) is 0. The van der Waals surface area contributed by atoms with E-state index < -0.39 is 0 Å². The van der Waals surface area contributed by atoms with E-state index in [9.17, 15) is 4.79 Å². The van der Waals surface area contributed by atoms with Gasteiger partial charge in [-0.05, 0) is 50.7 Å². The van der Waals surface area contributed by atoms with Gasteiger partial charge in [0.25, 0.3) is 0 Å². The summed E-state index contributed by atoms with van der Waals surface area (Å²) in [5.74, 6) is 2.55. The Morgan fingerprint density at radius 1 is 1.17 bits per heavy atom. The summed E-state index contributed by atoms with van der Waals surface area (Å²) in [6.07, 6.45) is 7.56. The number of nitrogen functional groups attached to an aromatic ring is 1. The number of imidazole rings is 1. The minimum Gasteiger partial charge on any atom is -0.497 e. The van der Waals surface area contributed by atoms with Crippen molar-refractivity contribution in [2.75, 3.05) is 18.2 Å². The third-order valence-electron chi connectivity index (χ3n) is 6.21. The van der Waals surface area contributed by atoms with Crippen molar-refractivity contribution in [3.8, 4) is 5.75 Å². The zero-order valence-electron chi connectivity index (χ0n) is 17.0. The average molecular weight is 406 g/mol. The SMILES string of the molecule is COc1cccc(NC(=O)[C@H]2CC[C@@H](n3cnc4c(N)nc(C5CC5)nc43)CC2)c1. The van der Waals surface area contributed by atoms with E-state index >= 15 is 0 Å². The van der Waals surface area contributed by atoms with Gasteiger partial charge >= 0.3 is 0 Å². The molecule has 2 aliphatic rings. The maximum Gasteiger partial charge on any atom is 0.227 e. The number of carbonyl (C=O) groups is 1. The van der Waals surface area contributed by atoms with Crippen LogP contribution in [-0.2, 0) is 4.79 Å². The molecule has 2 heterocycles. The van der Waals surface area contributed by atoms with Crippen molar-refractivity contribution < 1.29 is 9.53 Å². The molecule has 0 radical (unpaired) electrons. The number of anilines is 2. The molecule has 2 aromatic heterocycles. The Hall–Kier alpha value is -3.16. The fourth-order valence-electron chi connectivity index (χ4n) is 4.31. The number of carbonyl (C=O) groups excluding carboxylic acids is 1. The number of fused-ring (bicyclic) bond motifs is 1. The molecule has 0 spiro atoms. The molecule has 0 aliphatic heterocycles. The summed E-state index contributed by atoms with van der Waals surface area (Å²) in [5.41, 5.74) is 8.40. The van der Waals surface area contributed by atoms with Gasteiger partial charge in [-0.2, -0.15) is 0 Å². The fourth-order valence-corrected chi connectivity index (χ4v) is 4.31. The summed E-state index contributed by atoms with van der Waals surface area (Å²) < 4.78 is 7.36. The number of nitrogens with one attached hydrogen (secondary N) is 1. The number of nitrogens with zero attached hydrogens (tertiary/aromatic N) is 4. The monoisotopic (exact) mass is 406 g/mol. The first kappa shape index (κ1) is 18.8. The van der Waals surface area contributed by atoms with Crippen LogP contribution in [-0.4, -0.2) is 32.5 Å². The van der Waals surface area contributed by atoms with E-state index in [0.717, 1.165) is 61.4 Å². The van der Waals surface area contributed by atoms with E-state index in [1.54, 1.807) is 7.11 Å². The molecule has 0 atom stereocenters. The van der Waals surface area contributed by atoms with Gasteiger partial charge in [-0.15, -0.1) is 0 Å². The third kappa shape index (κ3) is 3.58. The topological polar surface area (TPSA) is 108 Å². The maximum absolute atomic E-state index is 12.7. The minimum absolute atomic E-state index is 0.00366. The van der Waals surface area contributed by atoms with E-state index in [-0.39, 0.29) is 17.9 Å². The Balaban J connectivity index is 1.27. The number of rotatable bonds is 5. The number of benzene rings is 1. The lowest BCUT2D eigenvalue weighted by Crippen LogP contribution is -2.28. The zero-order chi connectivity index (χ0) is 20.7. The van der Waals surface area contributed by atoms with Crippen LogP contribution in [0.15, 0.2) is 30.6 Å². The van der Waals surface area contributed by atoms with Crippen LogP contribution in [0.4, 0.5) is 11.5 Å². The molecular weight excluding hydrogens is 380 g/mol. The quantitative estimate of drug-likeness (QED) is 0.669. The average Bonchev–Trinajstić information content (AvgIpc) is 3.53. The predicted octanol–water partition coefficient (Wildman–Crippen LogP) is 3.66. The van der Waals surface area contributed by atoms with E-state index in [0.29, 0.717) is 17.3 Å². The molecule has 156 valence electrons. The molecule has 30 heavy (non-hydrogen) atoms. The van der Waals surface area contributed by atoms with Crippen molar-refractivity contribution in [2.24, 2.45) is 5.92 Å². The number of hydrogen-bond acceptors (Lipinski definition) is 6. The summed E-state index contributed by atoms with van der Waals surface area (Å²) in [6, 6.07) is 7.73. The maximum atomic E-state index is 12.7. The normalized spacial score (nSPS) is 21.5. The van der Waals surface area contributed by atoms with Crippen LogP contribution in [0.5, 0.6) is 5.75 Å². The molecule has 0 saturated heterocycles. The molecule has 1 amide bonds. The number of hydrogen-bond donors (Lipinski definition) is 2. The molecule has 2 saturated carbocycles. The van der Waals surface area contributed by atoms with Gasteiger partial charge in [-0.3, -0.25) is 4.79 Å². The van der Waals surface area contributed by atoms with Gasteiger partial charge in [0.05, 0.1) is 13.4 Å². The van der Waals surface area contributed by atoms with E-state index in [1.807, 2.05) is 30.6 Å². The lowest BCUT2D eigenvalue weighted by molar-refractivity contribution is -0.120. The highest BCUT2D eigenvalue weighted by atomic mass is 16.5. The van der Waals surface area contributed by atoms with Crippen LogP contribution in [0.2, 0.25) is 0 Å². The molecular formula is C22H26N6O2. The van der Waals surface area contributed by atoms with Crippen molar-refractivity contribution in [2.45, 2.75) is 50.5 Å². The zero-order valence-corrected chi connectivity index (χ0v) is 17.0. The Morgan fingerprint density at radius 3 is 2.70 bits per heavy atom. The largest absolute Gasteiger partial charge is 0.497 e. The van der Waals surface area contributed by atoms with E-state index in [2.05, 4.69) is 19.9 Å². The van der Waals surface area contributed by atoms with Crippen LogP contribution >= 0.6 is 0 Å². The first-order chi connectivity index (χ1) is 14.6. The predicted molar refractivity (Wildman–Crippen MR) is 114 cm³/mol. The summed E-state index contributed by atoms with van der Waals surface area (Å²) in [4.78, 5) is 26.4. The standard InChI is InChI=1S/C22H26N6O2/c1-30-17-4-2-3-15(11-17)25-22(29)14-7-9-16(10-8-14)28-12-24-18-19(23)26-20(13-5-6-13)27-21(18)28/h2-4,11-14,16H,5-10H2,1H3,(H,25,29)(H2,23,26,27)/t14-,16+. The molecule has 2 aliphatic carbocycles. The Labute approximate surface area is 174 Å². The molecule has 1 aromatic carbocycles. The van der Waals surface area contributed by atoms with Crippen LogP contribution in [0, 0.1) is 5.92 Å². The Kier molecular flexibility index (Phi) is 4.77. The molecule has 8 nitrogen and oxygen atoms in total. The van der Waals surface area contributed by atoms with E-state index in [4.69, 9.17) is 15.5 Å². The first-order valence-corrected chi connectivity index (χ1v) is 10.6. The number of nitrogens with two attached hydrogens (primary N) is 1. The molecule has 8 heteroatoms. The lowest BCUT2D eigenvalue weighted by Gasteiger charge is -2.28. The van der Waals surface area contributed by atoms with Crippen molar-refractivity contribution in [3.63, 3.8) is 0 Å². The van der Waals surface area contributed by atoms with Gasteiger partial charge < -0.3 is 20.4 Å². The van der Waals surface area contributed by atoms with Crippen molar-refractivity contribution in [1.82, 2.24) is 19.5 Å². The van der Waals surface area contributed by atoms with Crippen LogP contribution in [0.25, 0.3) is 11.2 Å². The fraction of sp³-hybridized carbons (Fsp3) is 0.455. The van der Waals surface area contributed by atoms with Crippen molar-refractivity contribution in [1.29, 1.82) is 0 Å². The van der Waals surface area contributed by atoms with Crippen LogP contribution in [0.1, 0.15) is 56.3 Å². The highest BCUT2D eigenvalue weighted by Crippen LogP contribution is 2.40. The van der Waals surface area contributed by atoms with Gasteiger partial charge in [0.1, 0.15) is 17.1 Å². The summed E-state index contributed by atoms with van der Waals surface area (Å²) >= 11 is 0. The van der Waals surface area contributed by atoms with E-state index in [1.165, 1.54) is 0 Å². The molecule has 0 unspecified atom stereocenters. The number of methoxy groups -OCH3 is 1. The van der Waals surface area contributed by atoms with Gasteiger partial charge in [0, 0.05) is 29.6 Å². The molecule has 5 rings (SSSR count). The molecule has 0 bridgehead atoms. The van der Waals surface area contributed by atoms with Crippen molar-refractivity contribution >= 4 is 28.6 Å². The third-order valence-corrected chi connectivity index (χ3v) is 6.21. The Morgan fingerprint density at radius 2 is 1.97 bits per heavy atom. The molecule has 3 N–H and O–H groups in total. The van der Waals surface area contributed by atoms with Gasteiger partial charge in [-0.25, -0.2) is 15.0 Å². The smallest absolute Gasteiger partial charge is 0.227 e. The van der Waals surface area contributed by atoms with Gasteiger partial charge in [-0.1, -0.05) is 6.07 Å². The highest BCUT2D eigenvalue weighted by molar-refractivity contribution is 5.92.